The van der Waals surface area contributed by atoms with E-state index in [9.17, 15) is 17.6 Å². The third-order valence-electron chi connectivity index (χ3n) is 5.86. The fraction of sp³-hybridized carbons (Fsp3) is 0.217. The van der Waals surface area contributed by atoms with E-state index < -0.39 is 15.8 Å². The van der Waals surface area contributed by atoms with E-state index in [0.29, 0.717) is 35.8 Å². The van der Waals surface area contributed by atoms with E-state index in [1.165, 1.54) is 21.1 Å². The Kier molecular flexibility index (Phi) is 5.58. The maximum Gasteiger partial charge on any atom is 0.280 e. The number of benzene rings is 2. The normalized spacial score (nSPS) is 15.1. The lowest BCUT2D eigenvalue weighted by Gasteiger charge is -2.34. The van der Waals surface area contributed by atoms with Gasteiger partial charge in [0, 0.05) is 31.6 Å². The van der Waals surface area contributed by atoms with Crippen LogP contribution in [0.1, 0.15) is 5.69 Å². The molecule has 1 saturated heterocycles. The summed E-state index contributed by atoms with van der Waals surface area (Å²) in [4.78, 5) is 14.9. The van der Waals surface area contributed by atoms with Crippen molar-refractivity contribution in [2.24, 2.45) is 0 Å². The first kappa shape index (κ1) is 22.1. The Balaban J connectivity index is 1.33. The van der Waals surface area contributed by atoms with E-state index in [4.69, 9.17) is 0 Å². The van der Waals surface area contributed by atoms with Crippen molar-refractivity contribution in [2.75, 3.05) is 31.1 Å². The van der Waals surface area contributed by atoms with Gasteiger partial charge in [-0.3, -0.25) is 4.79 Å². The van der Waals surface area contributed by atoms with Gasteiger partial charge in [0.2, 0.25) is 10.0 Å². The van der Waals surface area contributed by atoms with Crippen LogP contribution in [0.25, 0.3) is 16.6 Å². The number of hydrogen-bond acceptors (Lipinski definition) is 7. The number of rotatable bonds is 4. The maximum absolute atomic E-state index is 13.2. The highest BCUT2D eigenvalue weighted by Gasteiger charge is 2.29. The summed E-state index contributed by atoms with van der Waals surface area (Å²) in [6.45, 7) is 3.19. The van der Waals surface area contributed by atoms with Crippen molar-refractivity contribution in [1.29, 1.82) is 0 Å². The van der Waals surface area contributed by atoms with Crippen LogP contribution in [0.15, 0.2) is 70.4 Å². The molecule has 0 unspecified atom stereocenters. The van der Waals surface area contributed by atoms with Crippen LogP contribution in [0.2, 0.25) is 0 Å². The van der Waals surface area contributed by atoms with Gasteiger partial charge in [0.05, 0.1) is 16.0 Å². The number of aromatic nitrogens is 4. The van der Waals surface area contributed by atoms with Crippen LogP contribution in [-0.2, 0) is 10.0 Å². The van der Waals surface area contributed by atoms with E-state index in [1.807, 2.05) is 24.0 Å². The zero-order chi connectivity index (χ0) is 23.9. The molecular weight excluding hydrogens is 459 g/mol. The first-order valence-electron chi connectivity index (χ1n) is 10.7. The Morgan fingerprint density at radius 1 is 0.824 bits per heavy atom. The van der Waals surface area contributed by atoms with Crippen LogP contribution < -0.4 is 10.5 Å². The second kappa shape index (κ2) is 8.58. The van der Waals surface area contributed by atoms with Crippen molar-refractivity contribution in [1.82, 2.24) is 24.3 Å². The number of anilines is 1. The minimum atomic E-state index is -3.70. The lowest BCUT2D eigenvalue weighted by Crippen LogP contribution is -2.49. The topological polar surface area (TPSA) is 101 Å². The van der Waals surface area contributed by atoms with E-state index >= 15 is 0 Å². The van der Waals surface area contributed by atoms with Crippen molar-refractivity contribution in [3.05, 3.63) is 82.5 Å². The summed E-state index contributed by atoms with van der Waals surface area (Å²) in [5.41, 5.74) is 0.433. The average Bonchev–Trinajstić information content (AvgIpc) is 2.87. The van der Waals surface area contributed by atoms with Crippen molar-refractivity contribution < 1.29 is 12.8 Å². The van der Waals surface area contributed by atoms with Crippen LogP contribution in [0.4, 0.5) is 10.2 Å². The highest BCUT2D eigenvalue weighted by Crippen LogP contribution is 2.21. The first-order valence-corrected chi connectivity index (χ1v) is 12.1. The predicted molar refractivity (Wildman–Crippen MR) is 125 cm³/mol. The summed E-state index contributed by atoms with van der Waals surface area (Å²) in [5.74, 6) is 0.398. The van der Waals surface area contributed by atoms with Crippen molar-refractivity contribution in [2.45, 2.75) is 11.8 Å². The summed E-state index contributed by atoms with van der Waals surface area (Å²) < 4.78 is 41.4. The Labute approximate surface area is 195 Å². The number of hydrogen-bond donors (Lipinski definition) is 0. The highest BCUT2D eigenvalue weighted by atomic mass is 32.2. The molecule has 174 valence electrons. The number of aryl methyl sites for hydroxylation is 1. The second-order valence-electron chi connectivity index (χ2n) is 7.94. The predicted octanol–water partition coefficient (Wildman–Crippen LogP) is 2.13. The molecule has 0 radical (unpaired) electrons. The monoisotopic (exact) mass is 480 g/mol. The third kappa shape index (κ3) is 3.93. The maximum atomic E-state index is 13.2. The molecule has 4 aromatic rings. The summed E-state index contributed by atoms with van der Waals surface area (Å²) in [7, 11) is -3.70. The van der Waals surface area contributed by atoms with Gasteiger partial charge in [0.1, 0.15) is 5.82 Å². The zero-order valence-electron chi connectivity index (χ0n) is 18.3. The molecule has 0 atom stereocenters. The van der Waals surface area contributed by atoms with Crippen LogP contribution in [0.3, 0.4) is 0 Å². The molecule has 2 aromatic heterocycles. The van der Waals surface area contributed by atoms with E-state index in [1.54, 1.807) is 24.3 Å². The molecule has 11 heteroatoms. The molecule has 0 amide bonds. The highest BCUT2D eigenvalue weighted by molar-refractivity contribution is 7.89. The largest absolute Gasteiger partial charge is 0.352 e. The number of nitrogens with zero attached hydrogens (tertiary/aromatic N) is 6. The molecular formula is C23H21FN6O3S. The molecule has 5 rings (SSSR count). The summed E-state index contributed by atoms with van der Waals surface area (Å²) >= 11 is 0. The summed E-state index contributed by atoms with van der Waals surface area (Å²) in [5, 5.41) is 14.2. The van der Waals surface area contributed by atoms with Gasteiger partial charge in [-0.1, -0.05) is 18.2 Å². The third-order valence-corrected chi connectivity index (χ3v) is 7.77. The average molecular weight is 481 g/mol. The Morgan fingerprint density at radius 3 is 2.09 bits per heavy atom. The molecule has 0 aliphatic carbocycles. The van der Waals surface area contributed by atoms with Crippen LogP contribution in [-0.4, -0.2) is 58.9 Å². The molecule has 3 heterocycles. The van der Waals surface area contributed by atoms with Crippen LogP contribution in [0.5, 0.6) is 0 Å². The van der Waals surface area contributed by atoms with Gasteiger partial charge in [-0.05, 0) is 49.4 Å². The lowest BCUT2D eigenvalue weighted by atomic mass is 10.1. The van der Waals surface area contributed by atoms with Crippen LogP contribution in [0, 0.1) is 12.7 Å². The second-order valence-corrected chi connectivity index (χ2v) is 9.88. The van der Waals surface area contributed by atoms with Gasteiger partial charge in [0.15, 0.2) is 11.6 Å². The van der Waals surface area contributed by atoms with Gasteiger partial charge in [-0.2, -0.15) is 14.1 Å². The fourth-order valence-electron chi connectivity index (χ4n) is 4.02. The number of piperazine rings is 1. The summed E-state index contributed by atoms with van der Waals surface area (Å²) in [6, 6.07) is 15.5. The lowest BCUT2D eigenvalue weighted by molar-refractivity contribution is 0.383. The minimum absolute atomic E-state index is 0.0649. The quantitative estimate of drug-likeness (QED) is 0.441. The van der Waals surface area contributed by atoms with Gasteiger partial charge in [0.25, 0.3) is 5.56 Å². The molecule has 0 saturated carbocycles. The molecule has 0 N–H and O–H groups in total. The Bertz CT molecular complexity index is 1510. The molecule has 1 aliphatic heterocycles. The molecule has 0 bridgehead atoms. The van der Waals surface area contributed by atoms with Crippen molar-refractivity contribution in [3.63, 3.8) is 0 Å². The zero-order valence-corrected chi connectivity index (χ0v) is 19.1. The molecule has 0 spiro atoms. The van der Waals surface area contributed by atoms with E-state index in [2.05, 4.69) is 15.3 Å². The van der Waals surface area contributed by atoms with Gasteiger partial charge in [-0.25, -0.2) is 12.8 Å². The Hall–Kier alpha value is -3.70. The summed E-state index contributed by atoms with van der Waals surface area (Å²) in [6.07, 6.45) is 0. The number of halogens is 1. The molecule has 1 aliphatic rings. The van der Waals surface area contributed by atoms with E-state index in [0.717, 1.165) is 17.5 Å². The molecule has 9 nitrogen and oxygen atoms in total. The molecule has 2 aromatic carbocycles. The SMILES string of the molecule is Cc1nn(-c2ccc(N3CCN(S(=O)(=O)c4ccc(F)cc4)CC3)nn2)c(=O)c2ccccc12. The van der Waals surface area contributed by atoms with Gasteiger partial charge < -0.3 is 4.90 Å². The molecule has 34 heavy (non-hydrogen) atoms. The minimum Gasteiger partial charge on any atom is -0.352 e. The van der Waals surface area contributed by atoms with Gasteiger partial charge in [-0.15, -0.1) is 10.2 Å². The number of fused-ring (bicyclic) bond motifs is 1. The Morgan fingerprint density at radius 2 is 1.44 bits per heavy atom. The fourth-order valence-corrected chi connectivity index (χ4v) is 5.44. The van der Waals surface area contributed by atoms with Crippen molar-refractivity contribution >= 4 is 26.6 Å². The standard InChI is InChI=1S/C23H21FN6O3S/c1-16-19-4-2-3-5-20(19)23(31)30(27-16)22-11-10-21(25-26-22)28-12-14-29(15-13-28)34(32,33)18-8-6-17(24)7-9-18/h2-11H,12-15H2,1H3. The van der Waals surface area contributed by atoms with E-state index in [-0.39, 0.29) is 23.5 Å². The van der Waals surface area contributed by atoms with Crippen LogP contribution >= 0.6 is 0 Å². The van der Waals surface area contributed by atoms with Gasteiger partial charge >= 0.3 is 0 Å². The molecule has 1 fully saturated rings. The smallest absolute Gasteiger partial charge is 0.280 e. The van der Waals surface area contributed by atoms with Crippen molar-refractivity contribution in [3.8, 4) is 5.82 Å². The first-order chi connectivity index (χ1) is 16.3. The number of sulfonamides is 1.